The van der Waals surface area contributed by atoms with Crippen LogP contribution in [-0.4, -0.2) is 17.8 Å². The highest BCUT2D eigenvalue weighted by atomic mass is 32.1. The van der Waals surface area contributed by atoms with Crippen LogP contribution < -0.4 is 0 Å². The van der Waals surface area contributed by atoms with E-state index in [1.165, 1.54) is 20.5 Å². The first-order valence-corrected chi connectivity index (χ1v) is 8.60. The SMILES string of the molecule is C=C[N+](C)=CCCC=Cc1sc2ccccc2c1C=CCC. The van der Waals surface area contributed by atoms with E-state index in [0.717, 1.165) is 19.3 Å². The summed E-state index contributed by atoms with van der Waals surface area (Å²) in [6.07, 6.45) is 16.1. The molecule has 0 saturated carbocycles. The van der Waals surface area contributed by atoms with Gasteiger partial charge in [-0.25, -0.2) is 4.58 Å². The number of allylic oxidation sites excluding steroid dienone is 2. The lowest BCUT2D eigenvalue weighted by Crippen LogP contribution is -1.95. The summed E-state index contributed by atoms with van der Waals surface area (Å²) in [6.45, 7) is 5.92. The summed E-state index contributed by atoms with van der Waals surface area (Å²) in [6, 6.07) is 8.64. The lowest BCUT2D eigenvalue weighted by molar-refractivity contribution is -0.417. The number of thiophene rings is 1. The highest BCUT2D eigenvalue weighted by Gasteiger charge is 2.06. The Morgan fingerprint density at radius 3 is 2.73 bits per heavy atom. The van der Waals surface area contributed by atoms with Gasteiger partial charge in [-0.3, -0.25) is 0 Å². The first kappa shape index (κ1) is 16.4. The molecule has 0 radical (unpaired) electrons. The number of benzene rings is 1. The second-order valence-corrected chi connectivity index (χ2v) is 6.28. The van der Waals surface area contributed by atoms with Crippen LogP contribution in [0.3, 0.4) is 0 Å². The molecule has 1 aromatic heterocycles. The first-order chi connectivity index (χ1) is 10.8. The molecule has 0 saturated heterocycles. The summed E-state index contributed by atoms with van der Waals surface area (Å²) in [5, 5.41) is 1.36. The van der Waals surface area contributed by atoms with Crippen LogP contribution in [0.25, 0.3) is 22.2 Å². The highest BCUT2D eigenvalue weighted by molar-refractivity contribution is 7.20. The first-order valence-electron chi connectivity index (χ1n) is 7.78. The number of unbranched alkanes of at least 4 members (excludes halogenated alkanes) is 1. The average molecular weight is 310 g/mol. The molecule has 0 aliphatic rings. The van der Waals surface area contributed by atoms with Gasteiger partial charge in [0.1, 0.15) is 13.3 Å². The van der Waals surface area contributed by atoms with Crippen molar-refractivity contribution < 1.29 is 4.58 Å². The smallest absolute Gasteiger partial charge is 0.160 e. The molecular formula is C20H24NS+. The van der Waals surface area contributed by atoms with Gasteiger partial charge in [-0.15, -0.1) is 11.3 Å². The summed E-state index contributed by atoms with van der Waals surface area (Å²) in [7, 11) is 2.01. The minimum Gasteiger partial charge on any atom is -0.212 e. The number of hydrogen-bond acceptors (Lipinski definition) is 1. The zero-order chi connectivity index (χ0) is 15.8. The van der Waals surface area contributed by atoms with Gasteiger partial charge in [0.2, 0.25) is 0 Å². The molecule has 114 valence electrons. The maximum atomic E-state index is 3.74. The van der Waals surface area contributed by atoms with E-state index in [9.17, 15) is 0 Å². The van der Waals surface area contributed by atoms with Crippen LogP contribution in [0.2, 0.25) is 0 Å². The van der Waals surface area contributed by atoms with Gasteiger partial charge in [0.25, 0.3) is 0 Å². The topological polar surface area (TPSA) is 3.01 Å². The second kappa shape index (κ2) is 8.50. The Bertz CT molecular complexity index is 716. The maximum absolute atomic E-state index is 3.74. The maximum Gasteiger partial charge on any atom is 0.160 e. The Hall–Kier alpha value is -1.93. The molecule has 0 aliphatic heterocycles. The standard InChI is InChI=1S/C20H24NS/c1-4-6-12-17-18-13-9-10-15-20(18)22-19(17)14-8-7-11-16-21(3)5-2/h5-6,8-10,12-16H,2,4,7,11H2,1,3H3/q+1. The minimum atomic E-state index is 1.03. The summed E-state index contributed by atoms with van der Waals surface area (Å²) < 4.78 is 3.36. The molecule has 2 rings (SSSR count). The van der Waals surface area contributed by atoms with Gasteiger partial charge < -0.3 is 0 Å². The highest BCUT2D eigenvalue weighted by Crippen LogP contribution is 2.33. The second-order valence-electron chi connectivity index (χ2n) is 5.20. The minimum absolute atomic E-state index is 1.03. The van der Waals surface area contributed by atoms with E-state index in [1.807, 2.05) is 29.2 Å². The van der Waals surface area contributed by atoms with E-state index in [-0.39, 0.29) is 0 Å². The molecule has 1 heterocycles. The lowest BCUT2D eigenvalue weighted by atomic mass is 10.1. The predicted molar refractivity (Wildman–Crippen MR) is 102 cm³/mol. The fraction of sp³-hybridized carbons (Fsp3) is 0.250. The molecule has 0 N–H and O–H groups in total. The third-order valence-electron chi connectivity index (χ3n) is 3.49. The van der Waals surface area contributed by atoms with Crippen molar-refractivity contribution in [2.45, 2.75) is 26.2 Å². The van der Waals surface area contributed by atoms with Crippen molar-refractivity contribution in [3.05, 3.63) is 59.6 Å². The van der Waals surface area contributed by atoms with Crippen molar-refractivity contribution in [3.63, 3.8) is 0 Å². The molecule has 0 bridgehead atoms. The fourth-order valence-corrected chi connectivity index (χ4v) is 3.38. The third-order valence-corrected chi connectivity index (χ3v) is 4.64. The normalized spacial score (nSPS) is 12.7. The van der Waals surface area contributed by atoms with E-state index < -0.39 is 0 Å². The summed E-state index contributed by atoms with van der Waals surface area (Å²) in [5.41, 5.74) is 1.35. The molecule has 0 aliphatic carbocycles. The third kappa shape index (κ3) is 4.28. The van der Waals surface area contributed by atoms with Crippen LogP contribution in [0.15, 0.2) is 49.2 Å². The Labute approximate surface area is 137 Å². The summed E-state index contributed by atoms with van der Waals surface area (Å²) >= 11 is 1.87. The van der Waals surface area contributed by atoms with E-state index in [2.05, 4.69) is 68.3 Å². The van der Waals surface area contributed by atoms with Crippen molar-refractivity contribution in [2.24, 2.45) is 0 Å². The molecule has 2 heteroatoms. The van der Waals surface area contributed by atoms with Crippen LogP contribution in [0.4, 0.5) is 0 Å². The number of hydrogen-bond donors (Lipinski definition) is 0. The van der Waals surface area contributed by atoms with E-state index in [1.54, 1.807) is 0 Å². The van der Waals surface area contributed by atoms with Gasteiger partial charge in [-0.05, 0) is 37.1 Å². The molecular weight excluding hydrogens is 286 g/mol. The molecule has 0 unspecified atom stereocenters. The van der Waals surface area contributed by atoms with E-state index >= 15 is 0 Å². The lowest BCUT2D eigenvalue weighted by Gasteiger charge is -1.94. The Kier molecular flexibility index (Phi) is 6.35. The van der Waals surface area contributed by atoms with Crippen molar-refractivity contribution in [1.29, 1.82) is 0 Å². The van der Waals surface area contributed by atoms with Crippen molar-refractivity contribution in [1.82, 2.24) is 0 Å². The van der Waals surface area contributed by atoms with Crippen LogP contribution in [-0.2, 0) is 0 Å². The summed E-state index contributed by atoms with van der Waals surface area (Å²) in [4.78, 5) is 1.35. The van der Waals surface area contributed by atoms with Gasteiger partial charge in [0, 0.05) is 21.4 Å². The number of nitrogens with zero attached hydrogens (tertiary/aromatic N) is 1. The monoisotopic (exact) mass is 310 g/mol. The van der Waals surface area contributed by atoms with Gasteiger partial charge in [0.15, 0.2) is 6.20 Å². The molecule has 2 aromatic rings. The van der Waals surface area contributed by atoms with Gasteiger partial charge in [0.05, 0.1) is 0 Å². The van der Waals surface area contributed by atoms with Crippen molar-refractivity contribution >= 4 is 39.8 Å². The molecule has 0 atom stereocenters. The molecule has 0 amide bonds. The Morgan fingerprint density at radius 1 is 1.14 bits per heavy atom. The van der Waals surface area contributed by atoms with E-state index in [4.69, 9.17) is 0 Å². The fourth-order valence-electron chi connectivity index (χ4n) is 2.26. The van der Waals surface area contributed by atoms with Crippen LogP contribution in [0.1, 0.15) is 36.6 Å². The van der Waals surface area contributed by atoms with Gasteiger partial charge >= 0.3 is 0 Å². The van der Waals surface area contributed by atoms with Gasteiger partial charge in [-0.2, -0.15) is 0 Å². The molecule has 0 fully saturated rings. The number of rotatable bonds is 7. The zero-order valence-corrected chi connectivity index (χ0v) is 14.3. The van der Waals surface area contributed by atoms with Crippen LogP contribution >= 0.6 is 11.3 Å². The molecule has 1 nitrogen and oxygen atoms in total. The quantitative estimate of drug-likeness (QED) is 0.336. The number of fused-ring (bicyclic) bond motifs is 1. The largest absolute Gasteiger partial charge is 0.212 e. The average Bonchev–Trinajstić information content (AvgIpc) is 2.89. The zero-order valence-electron chi connectivity index (χ0n) is 13.5. The Balaban J connectivity index is 2.19. The van der Waals surface area contributed by atoms with Crippen LogP contribution in [0.5, 0.6) is 0 Å². The summed E-state index contributed by atoms with van der Waals surface area (Å²) in [5.74, 6) is 0. The Morgan fingerprint density at radius 2 is 1.95 bits per heavy atom. The van der Waals surface area contributed by atoms with Crippen molar-refractivity contribution in [3.8, 4) is 0 Å². The molecule has 1 aromatic carbocycles. The van der Waals surface area contributed by atoms with Crippen LogP contribution in [0, 0.1) is 0 Å². The molecule has 0 spiro atoms. The predicted octanol–water partition coefficient (Wildman–Crippen LogP) is 5.97. The van der Waals surface area contributed by atoms with Crippen molar-refractivity contribution in [2.75, 3.05) is 7.05 Å². The van der Waals surface area contributed by atoms with E-state index in [0.29, 0.717) is 0 Å². The van der Waals surface area contributed by atoms with Gasteiger partial charge in [-0.1, -0.05) is 43.4 Å². The molecule has 22 heavy (non-hydrogen) atoms.